The van der Waals surface area contributed by atoms with E-state index in [2.05, 4.69) is 21.2 Å². The molecule has 25 heavy (non-hydrogen) atoms. The lowest BCUT2D eigenvalue weighted by atomic mass is 10.1. The average molecular weight is 413 g/mol. The smallest absolute Gasteiger partial charge is 0.339 e. The average Bonchev–Trinajstić information content (AvgIpc) is 2.83. The van der Waals surface area contributed by atoms with Crippen molar-refractivity contribution in [3.05, 3.63) is 38.3 Å². The van der Waals surface area contributed by atoms with Crippen molar-refractivity contribution >= 4 is 33.5 Å². The third kappa shape index (κ3) is 5.52. The van der Waals surface area contributed by atoms with Gasteiger partial charge >= 0.3 is 5.97 Å². The highest BCUT2D eigenvalue weighted by Crippen LogP contribution is 2.26. The maximum absolute atomic E-state index is 12.2. The quantitative estimate of drug-likeness (QED) is 0.343. The molecular weight excluding hydrogens is 392 g/mol. The number of esters is 1. The second-order valence-corrected chi connectivity index (χ2v) is 7.02. The highest BCUT2D eigenvalue weighted by molar-refractivity contribution is 9.10. The molecule has 0 aliphatic heterocycles. The first kappa shape index (κ1) is 19.4. The van der Waals surface area contributed by atoms with Crippen molar-refractivity contribution in [1.29, 1.82) is 0 Å². The Morgan fingerprint density at radius 2 is 1.92 bits per heavy atom. The summed E-state index contributed by atoms with van der Waals surface area (Å²) >= 11 is 3.06. The lowest BCUT2D eigenvalue weighted by Crippen LogP contribution is -2.41. The standard InChI is InChI=1S/C17H21BrN2O5/c1-11(16(21)19-13-6-4-2-3-5-7-13)25-17(22)12-8-9-14(18)15(10-12)20(23)24/h8-11,13H,2-7H2,1H3,(H,19,21)/t11-/m0/s1. The molecule has 1 atom stereocenters. The molecule has 8 heteroatoms. The van der Waals surface area contributed by atoms with E-state index in [0.29, 0.717) is 0 Å². The Hall–Kier alpha value is -1.96. The molecule has 7 nitrogen and oxygen atoms in total. The molecular formula is C17H21BrN2O5. The van der Waals surface area contributed by atoms with Crippen LogP contribution < -0.4 is 5.32 Å². The van der Waals surface area contributed by atoms with Crippen molar-refractivity contribution in [2.24, 2.45) is 0 Å². The molecule has 2 rings (SSSR count). The van der Waals surface area contributed by atoms with Crippen LogP contribution in [0.1, 0.15) is 55.8 Å². The lowest BCUT2D eigenvalue weighted by molar-refractivity contribution is -0.385. The predicted molar refractivity (Wildman–Crippen MR) is 95.3 cm³/mol. The summed E-state index contributed by atoms with van der Waals surface area (Å²) in [4.78, 5) is 34.7. The number of nitro groups is 1. The number of nitro benzene ring substituents is 1. The van der Waals surface area contributed by atoms with Crippen LogP contribution in [0.3, 0.4) is 0 Å². The molecule has 0 saturated heterocycles. The number of hydrogen-bond acceptors (Lipinski definition) is 5. The van der Waals surface area contributed by atoms with Gasteiger partial charge in [0.1, 0.15) is 0 Å². The van der Waals surface area contributed by atoms with Crippen molar-refractivity contribution in [3.63, 3.8) is 0 Å². The van der Waals surface area contributed by atoms with Gasteiger partial charge in [-0.3, -0.25) is 14.9 Å². The minimum atomic E-state index is -0.960. The fraction of sp³-hybridized carbons (Fsp3) is 0.529. The fourth-order valence-corrected chi connectivity index (χ4v) is 3.20. The Kier molecular flexibility index (Phi) is 6.92. The van der Waals surface area contributed by atoms with Gasteiger partial charge in [0.25, 0.3) is 11.6 Å². The molecule has 136 valence electrons. The number of rotatable bonds is 5. The number of ether oxygens (including phenoxy) is 1. The number of halogens is 1. The van der Waals surface area contributed by atoms with Gasteiger partial charge in [0, 0.05) is 12.1 Å². The number of nitrogens with one attached hydrogen (secondary N) is 1. The van der Waals surface area contributed by atoms with Crippen molar-refractivity contribution < 1.29 is 19.2 Å². The van der Waals surface area contributed by atoms with Crippen molar-refractivity contribution in [2.45, 2.75) is 57.6 Å². The van der Waals surface area contributed by atoms with Crippen LogP contribution in [-0.4, -0.2) is 28.9 Å². The molecule has 1 aliphatic carbocycles. The van der Waals surface area contributed by atoms with Crippen molar-refractivity contribution in [3.8, 4) is 0 Å². The normalized spacial score (nSPS) is 16.6. The van der Waals surface area contributed by atoms with Gasteiger partial charge in [-0.2, -0.15) is 0 Å². The van der Waals surface area contributed by atoms with Gasteiger partial charge < -0.3 is 10.1 Å². The highest BCUT2D eigenvalue weighted by Gasteiger charge is 2.24. The van der Waals surface area contributed by atoms with Gasteiger partial charge in [0.05, 0.1) is 15.0 Å². The lowest BCUT2D eigenvalue weighted by Gasteiger charge is -2.19. The minimum absolute atomic E-state index is 0.0315. The van der Waals surface area contributed by atoms with E-state index in [4.69, 9.17) is 4.74 Å². The molecule has 0 unspecified atom stereocenters. The second kappa shape index (κ2) is 8.94. The Labute approximate surface area is 154 Å². The summed E-state index contributed by atoms with van der Waals surface area (Å²) in [5, 5.41) is 13.9. The molecule has 1 aliphatic rings. The number of benzene rings is 1. The van der Waals surface area contributed by atoms with Crippen LogP contribution >= 0.6 is 15.9 Å². The SMILES string of the molecule is C[C@H](OC(=O)c1ccc(Br)c([N+](=O)[O-])c1)C(=O)NC1CCCCCC1. The van der Waals surface area contributed by atoms with Gasteiger partial charge in [-0.1, -0.05) is 25.7 Å². The minimum Gasteiger partial charge on any atom is -0.449 e. The monoisotopic (exact) mass is 412 g/mol. The van der Waals surface area contributed by atoms with Crippen LogP contribution in [0, 0.1) is 10.1 Å². The van der Waals surface area contributed by atoms with Gasteiger partial charge in [0.2, 0.25) is 0 Å². The fourth-order valence-electron chi connectivity index (χ4n) is 2.80. The van der Waals surface area contributed by atoms with Gasteiger partial charge in [-0.15, -0.1) is 0 Å². The van der Waals surface area contributed by atoms with Crippen LogP contribution in [0.25, 0.3) is 0 Å². The summed E-state index contributed by atoms with van der Waals surface area (Å²) in [5.74, 6) is -1.11. The number of carbonyl (C=O) groups excluding carboxylic acids is 2. The predicted octanol–water partition coefficient (Wildman–Crippen LogP) is 3.74. The van der Waals surface area contributed by atoms with E-state index in [1.54, 1.807) is 0 Å². The Morgan fingerprint density at radius 1 is 1.28 bits per heavy atom. The Balaban J connectivity index is 1.96. The van der Waals surface area contributed by atoms with E-state index >= 15 is 0 Å². The van der Waals surface area contributed by atoms with Gasteiger partial charge in [-0.05, 0) is 47.8 Å². The topological polar surface area (TPSA) is 98.5 Å². The van der Waals surface area contributed by atoms with Crippen LogP contribution in [0.5, 0.6) is 0 Å². The number of hydrogen-bond donors (Lipinski definition) is 1. The molecule has 1 N–H and O–H groups in total. The van der Waals surface area contributed by atoms with Crippen LogP contribution in [0.4, 0.5) is 5.69 Å². The molecule has 1 aromatic rings. The molecule has 0 spiro atoms. The van der Waals surface area contributed by atoms with Crippen molar-refractivity contribution in [2.75, 3.05) is 0 Å². The van der Waals surface area contributed by atoms with E-state index in [9.17, 15) is 19.7 Å². The first-order valence-electron chi connectivity index (χ1n) is 8.34. The molecule has 1 aromatic carbocycles. The summed E-state index contributed by atoms with van der Waals surface area (Å²) < 4.78 is 5.43. The largest absolute Gasteiger partial charge is 0.449 e. The number of carbonyl (C=O) groups is 2. The van der Waals surface area contributed by atoms with E-state index in [1.807, 2.05) is 0 Å². The summed E-state index contributed by atoms with van der Waals surface area (Å²) in [7, 11) is 0. The van der Waals surface area contributed by atoms with Crippen LogP contribution in [-0.2, 0) is 9.53 Å². The molecule has 0 heterocycles. The van der Waals surface area contributed by atoms with Gasteiger partial charge in [-0.25, -0.2) is 4.79 Å². The molecule has 0 bridgehead atoms. The third-order valence-electron chi connectivity index (χ3n) is 4.23. The molecule has 0 radical (unpaired) electrons. The summed E-state index contributed by atoms with van der Waals surface area (Å²) in [6.07, 6.45) is 5.44. The van der Waals surface area contributed by atoms with Crippen molar-refractivity contribution in [1.82, 2.24) is 5.32 Å². The summed E-state index contributed by atoms with van der Waals surface area (Å²) in [5.41, 5.74) is -0.200. The highest BCUT2D eigenvalue weighted by atomic mass is 79.9. The number of amides is 1. The second-order valence-electron chi connectivity index (χ2n) is 6.17. The van der Waals surface area contributed by atoms with E-state index < -0.39 is 17.0 Å². The van der Waals surface area contributed by atoms with E-state index in [-0.39, 0.29) is 27.7 Å². The summed E-state index contributed by atoms with van der Waals surface area (Å²) in [6.45, 7) is 1.50. The maximum atomic E-state index is 12.2. The first-order chi connectivity index (χ1) is 11.9. The molecule has 1 fully saturated rings. The summed E-state index contributed by atoms with van der Waals surface area (Å²) in [6, 6.07) is 4.06. The molecule has 1 saturated carbocycles. The van der Waals surface area contributed by atoms with Gasteiger partial charge in [0.15, 0.2) is 6.10 Å². The maximum Gasteiger partial charge on any atom is 0.339 e. The molecule has 0 aromatic heterocycles. The van der Waals surface area contributed by atoms with E-state index in [0.717, 1.165) is 31.7 Å². The molecule has 1 amide bonds. The zero-order chi connectivity index (χ0) is 18.4. The first-order valence-corrected chi connectivity index (χ1v) is 9.13. The van der Waals surface area contributed by atoms with Crippen LogP contribution in [0.2, 0.25) is 0 Å². The third-order valence-corrected chi connectivity index (χ3v) is 4.90. The number of nitrogens with zero attached hydrogens (tertiary/aromatic N) is 1. The Morgan fingerprint density at radius 3 is 2.52 bits per heavy atom. The van der Waals surface area contributed by atoms with Crippen LogP contribution in [0.15, 0.2) is 22.7 Å². The van der Waals surface area contributed by atoms with E-state index in [1.165, 1.54) is 31.9 Å². The zero-order valence-corrected chi connectivity index (χ0v) is 15.6. The zero-order valence-electron chi connectivity index (χ0n) is 14.0. The Bertz CT molecular complexity index is 656.